The zero-order valence-corrected chi connectivity index (χ0v) is 15.2. The monoisotopic (exact) mass is 363 g/mol. The fraction of sp³-hybridized carbons (Fsp3) is 0.368. The highest BCUT2D eigenvalue weighted by Gasteiger charge is 2.33. The summed E-state index contributed by atoms with van der Waals surface area (Å²) in [5.41, 5.74) is 2.00. The van der Waals surface area contributed by atoms with Gasteiger partial charge >= 0.3 is 0 Å². The number of likely N-dealkylation sites (N-methyl/N-ethyl adjacent to an activating group) is 1. The highest BCUT2D eigenvalue weighted by Crippen LogP contribution is 2.33. The van der Waals surface area contributed by atoms with Gasteiger partial charge in [-0.25, -0.2) is 4.39 Å². The summed E-state index contributed by atoms with van der Waals surface area (Å²) >= 11 is 0. The molecule has 2 aromatic carbocycles. The molecule has 1 aliphatic heterocycles. The van der Waals surface area contributed by atoms with Crippen molar-refractivity contribution in [3.8, 4) is 0 Å². The second-order valence-corrected chi connectivity index (χ2v) is 8.31. The average molecular weight is 363 g/mol. The number of hydrogen-bond donors (Lipinski definition) is 0. The van der Waals surface area contributed by atoms with Crippen LogP contribution in [0.1, 0.15) is 17.0 Å². The molecule has 0 aliphatic carbocycles. The highest BCUT2D eigenvalue weighted by atomic mass is 32.2. The molecule has 2 atom stereocenters. The van der Waals surface area contributed by atoms with Crippen molar-refractivity contribution < 1.29 is 17.0 Å². The molecule has 0 spiro atoms. The molecule has 6 heteroatoms. The third kappa shape index (κ3) is 4.26. The fourth-order valence-electron chi connectivity index (χ4n) is 3.29. The molecule has 0 amide bonds. The van der Waals surface area contributed by atoms with E-state index in [1.54, 1.807) is 36.4 Å². The number of hydrogen-bond acceptors (Lipinski definition) is 4. The smallest absolute Gasteiger partial charge is 0.296 e. The SMILES string of the molecule is Cc1ccc(S(=O)(=O)OC[C@H]2CN(C)C[C@@H]2c2ccc(F)cc2)cc1. The molecule has 1 fully saturated rings. The molecule has 0 saturated carbocycles. The Morgan fingerprint density at radius 2 is 1.72 bits per heavy atom. The molecule has 3 rings (SSSR count). The Morgan fingerprint density at radius 3 is 2.36 bits per heavy atom. The van der Waals surface area contributed by atoms with Crippen molar-refractivity contribution in [1.82, 2.24) is 4.90 Å². The summed E-state index contributed by atoms with van der Waals surface area (Å²) < 4.78 is 43.3. The van der Waals surface area contributed by atoms with Crippen LogP contribution in [0.2, 0.25) is 0 Å². The van der Waals surface area contributed by atoms with Gasteiger partial charge < -0.3 is 4.90 Å². The summed E-state index contributed by atoms with van der Waals surface area (Å²) in [5.74, 6) is -0.112. The van der Waals surface area contributed by atoms with Gasteiger partial charge in [0.1, 0.15) is 5.82 Å². The van der Waals surface area contributed by atoms with Crippen molar-refractivity contribution >= 4 is 10.1 Å². The molecule has 134 valence electrons. The van der Waals surface area contributed by atoms with Crippen LogP contribution in [0.5, 0.6) is 0 Å². The first kappa shape index (κ1) is 18.0. The van der Waals surface area contributed by atoms with Crippen LogP contribution in [0.4, 0.5) is 4.39 Å². The molecular weight excluding hydrogens is 341 g/mol. The van der Waals surface area contributed by atoms with Crippen LogP contribution in [-0.2, 0) is 14.3 Å². The molecule has 0 unspecified atom stereocenters. The van der Waals surface area contributed by atoms with Crippen LogP contribution in [0.15, 0.2) is 53.4 Å². The molecule has 2 aromatic rings. The van der Waals surface area contributed by atoms with Gasteiger partial charge in [0.15, 0.2) is 0 Å². The Balaban J connectivity index is 1.72. The van der Waals surface area contributed by atoms with Gasteiger partial charge in [0, 0.05) is 24.9 Å². The maximum Gasteiger partial charge on any atom is 0.296 e. The fourth-order valence-corrected chi connectivity index (χ4v) is 4.25. The van der Waals surface area contributed by atoms with E-state index in [4.69, 9.17) is 4.18 Å². The van der Waals surface area contributed by atoms with E-state index in [1.807, 2.05) is 14.0 Å². The Hall–Kier alpha value is -1.76. The molecule has 0 aromatic heterocycles. The number of aryl methyl sites for hydroxylation is 1. The Morgan fingerprint density at radius 1 is 1.08 bits per heavy atom. The molecule has 4 nitrogen and oxygen atoms in total. The third-order valence-corrected chi connectivity index (χ3v) is 5.96. The molecule has 0 radical (unpaired) electrons. The van der Waals surface area contributed by atoms with E-state index in [1.165, 1.54) is 12.1 Å². The highest BCUT2D eigenvalue weighted by molar-refractivity contribution is 7.86. The van der Waals surface area contributed by atoms with Crippen LogP contribution < -0.4 is 0 Å². The maximum absolute atomic E-state index is 13.2. The second-order valence-electron chi connectivity index (χ2n) is 6.69. The van der Waals surface area contributed by atoms with Crippen molar-refractivity contribution in [1.29, 1.82) is 0 Å². The van der Waals surface area contributed by atoms with E-state index in [0.717, 1.165) is 24.2 Å². The first-order valence-electron chi connectivity index (χ1n) is 8.25. The van der Waals surface area contributed by atoms with E-state index in [-0.39, 0.29) is 29.2 Å². The van der Waals surface area contributed by atoms with Gasteiger partial charge in [-0.2, -0.15) is 8.42 Å². The van der Waals surface area contributed by atoms with Crippen LogP contribution in [0.3, 0.4) is 0 Å². The minimum Gasteiger partial charge on any atom is -0.305 e. The van der Waals surface area contributed by atoms with Crippen LogP contribution >= 0.6 is 0 Å². The zero-order valence-electron chi connectivity index (χ0n) is 14.4. The van der Waals surface area contributed by atoms with Crippen LogP contribution in [0, 0.1) is 18.7 Å². The lowest BCUT2D eigenvalue weighted by molar-refractivity contribution is 0.245. The Labute approximate surface area is 148 Å². The topological polar surface area (TPSA) is 46.6 Å². The standard InChI is InChI=1S/C19H22FNO3S/c1-14-3-9-18(10-4-14)25(22,23)24-13-16-11-21(2)12-19(16)15-5-7-17(20)8-6-15/h3-10,16,19H,11-13H2,1-2H3/t16-,19-/m1/s1. The van der Waals surface area contributed by atoms with E-state index >= 15 is 0 Å². The normalized spacial score (nSPS) is 21.6. The first-order chi connectivity index (χ1) is 11.8. The van der Waals surface area contributed by atoms with Gasteiger partial charge in [-0.05, 0) is 43.8 Å². The Kier molecular flexibility index (Phi) is 5.22. The van der Waals surface area contributed by atoms with E-state index in [9.17, 15) is 12.8 Å². The molecule has 0 N–H and O–H groups in total. The van der Waals surface area contributed by atoms with Crippen molar-refractivity contribution in [2.45, 2.75) is 17.7 Å². The lowest BCUT2D eigenvalue weighted by Crippen LogP contribution is -2.21. The first-order valence-corrected chi connectivity index (χ1v) is 9.66. The molecular formula is C19H22FNO3S. The minimum atomic E-state index is -3.77. The van der Waals surface area contributed by atoms with Crippen molar-refractivity contribution in [2.75, 3.05) is 26.7 Å². The van der Waals surface area contributed by atoms with Crippen molar-refractivity contribution in [3.05, 3.63) is 65.5 Å². The van der Waals surface area contributed by atoms with Gasteiger partial charge in [0.05, 0.1) is 11.5 Å². The molecule has 25 heavy (non-hydrogen) atoms. The lowest BCUT2D eigenvalue weighted by atomic mass is 9.89. The van der Waals surface area contributed by atoms with E-state index < -0.39 is 10.1 Å². The van der Waals surface area contributed by atoms with Crippen LogP contribution in [-0.4, -0.2) is 40.1 Å². The quantitative estimate of drug-likeness (QED) is 0.766. The summed E-state index contributed by atoms with van der Waals surface area (Å²) in [7, 11) is -1.78. The van der Waals surface area contributed by atoms with Gasteiger partial charge in [0.2, 0.25) is 0 Å². The van der Waals surface area contributed by atoms with Gasteiger partial charge in [-0.1, -0.05) is 29.8 Å². The van der Waals surface area contributed by atoms with Gasteiger partial charge in [0.25, 0.3) is 10.1 Å². The summed E-state index contributed by atoms with van der Waals surface area (Å²) in [6.07, 6.45) is 0. The van der Waals surface area contributed by atoms with Crippen molar-refractivity contribution in [2.24, 2.45) is 5.92 Å². The van der Waals surface area contributed by atoms with E-state index in [2.05, 4.69) is 4.90 Å². The average Bonchev–Trinajstić information content (AvgIpc) is 2.95. The lowest BCUT2D eigenvalue weighted by Gasteiger charge is -2.18. The molecule has 1 heterocycles. The van der Waals surface area contributed by atoms with E-state index in [0.29, 0.717) is 0 Å². The number of benzene rings is 2. The summed E-state index contributed by atoms with van der Waals surface area (Å²) in [6.45, 7) is 3.55. The zero-order chi connectivity index (χ0) is 18.0. The number of rotatable bonds is 5. The predicted octanol–water partition coefficient (Wildman–Crippen LogP) is 3.18. The number of likely N-dealkylation sites (tertiary alicyclic amines) is 1. The van der Waals surface area contributed by atoms with Gasteiger partial charge in [-0.3, -0.25) is 4.18 Å². The van der Waals surface area contributed by atoms with Crippen LogP contribution in [0.25, 0.3) is 0 Å². The molecule has 0 bridgehead atoms. The Bertz CT molecular complexity index is 819. The summed E-state index contributed by atoms with van der Waals surface area (Å²) in [4.78, 5) is 2.31. The number of nitrogens with zero attached hydrogens (tertiary/aromatic N) is 1. The second kappa shape index (κ2) is 7.23. The predicted molar refractivity (Wildman–Crippen MR) is 94.4 cm³/mol. The van der Waals surface area contributed by atoms with Crippen molar-refractivity contribution in [3.63, 3.8) is 0 Å². The van der Waals surface area contributed by atoms with Gasteiger partial charge in [-0.15, -0.1) is 0 Å². The third-order valence-electron chi connectivity index (χ3n) is 4.67. The number of halogens is 1. The molecule has 1 saturated heterocycles. The summed E-state index contributed by atoms with van der Waals surface area (Å²) in [5, 5.41) is 0. The molecule has 1 aliphatic rings. The summed E-state index contributed by atoms with van der Waals surface area (Å²) in [6, 6.07) is 13.0. The maximum atomic E-state index is 13.2. The largest absolute Gasteiger partial charge is 0.305 e. The minimum absolute atomic E-state index is 0.0377.